The number of urea groups is 1. The van der Waals surface area contributed by atoms with E-state index in [0.29, 0.717) is 5.69 Å². The van der Waals surface area contributed by atoms with E-state index < -0.39 is 0 Å². The molecule has 0 aliphatic carbocycles. The van der Waals surface area contributed by atoms with Crippen molar-refractivity contribution < 1.29 is 4.79 Å². The Balaban J connectivity index is 1.78. The van der Waals surface area contributed by atoms with Crippen molar-refractivity contribution >= 4 is 33.9 Å². The third-order valence-electron chi connectivity index (χ3n) is 4.85. The summed E-state index contributed by atoms with van der Waals surface area (Å²) < 4.78 is 3.16. The predicted octanol–water partition coefficient (Wildman–Crippen LogP) is 5.88. The maximum Gasteiger partial charge on any atom is 0.339 e. The molecule has 0 atom stereocenters. The lowest BCUT2D eigenvalue weighted by Gasteiger charge is -2.17. The fraction of sp³-hybridized carbons (Fsp3) is 0.217. The van der Waals surface area contributed by atoms with Gasteiger partial charge in [0.2, 0.25) is 0 Å². The number of hydrogen-bond acceptors (Lipinski definition) is 2. The van der Waals surface area contributed by atoms with Crippen LogP contribution in [0.5, 0.6) is 0 Å². The van der Waals surface area contributed by atoms with E-state index in [1.54, 1.807) is 6.21 Å². The van der Waals surface area contributed by atoms with E-state index in [9.17, 15) is 4.79 Å². The van der Waals surface area contributed by atoms with Crippen LogP contribution in [-0.4, -0.2) is 16.8 Å². The summed E-state index contributed by atoms with van der Waals surface area (Å²) in [4.78, 5) is 12.1. The molecular weight excluding hydrogens is 428 g/mol. The van der Waals surface area contributed by atoms with Crippen LogP contribution in [0.2, 0.25) is 0 Å². The third-order valence-corrected chi connectivity index (χ3v) is 5.34. The van der Waals surface area contributed by atoms with Gasteiger partial charge in [-0.05, 0) is 62.6 Å². The van der Waals surface area contributed by atoms with Gasteiger partial charge in [0.25, 0.3) is 0 Å². The number of rotatable bonds is 5. The summed E-state index contributed by atoms with van der Waals surface area (Å²) in [6, 6.07) is 15.5. The molecule has 1 heterocycles. The zero-order chi connectivity index (χ0) is 21.0. The van der Waals surface area contributed by atoms with E-state index in [1.165, 1.54) is 16.8 Å². The fourth-order valence-electron chi connectivity index (χ4n) is 3.47. The summed E-state index contributed by atoms with van der Waals surface area (Å²) >= 11 is 3.38. The molecule has 6 heteroatoms. The van der Waals surface area contributed by atoms with Crippen LogP contribution in [0.15, 0.2) is 58.1 Å². The van der Waals surface area contributed by atoms with E-state index in [4.69, 9.17) is 0 Å². The highest BCUT2D eigenvalue weighted by Gasteiger charge is 2.14. The van der Waals surface area contributed by atoms with Gasteiger partial charge < -0.3 is 9.88 Å². The van der Waals surface area contributed by atoms with Gasteiger partial charge in [-0.2, -0.15) is 5.10 Å². The molecule has 0 spiro atoms. The summed E-state index contributed by atoms with van der Waals surface area (Å²) in [7, 11) is 0. The molecule has 0 unspecified atom stereocenters. The lowest BCUT2D eigenvalue weighted by molar-refractivity contribution is 0.252. The highest BCUT2D eigenvalue weighted by Crippen LogP contribution is 2.26. The molecule has 0 radical (unpaired) electrons. The molecule has 0 bridgehead atoms. The second-order valence-electron chi connectivity index (χ2n) is 6.93. The Hall–Kier alpha value is -2.86. The molecule has 2 amide bonds. The first-order valence-corrected chi connectivity index (χ1v) is 10.3. The quantitative estimate of drug-likeness (QED) is 0.368. The summed E-state index contributed by atoms with van der Waals surface area (Å²) in [5.41, 5.74) is 10.2. The van der Waals surface area contributed by atoms with Crippen molar-refractivity contribution in [3.63, 3.8) is 0 Å². The number of halogens is 1. The molecule has 2 N–H and O–H groups in total. The molecule has 0 aliphatic rings. The molecule has 3 aromatic rings. The van der Waals surface area contributed by atoms with Crippen LogP contribution < -0.4 is 10.7 Å². The SMILES string of the molecule is CCc1cccc(C)c1-n1c(C)cc(/C=N/NC(=O)Nc2cccc(Br)c2)c1C. The first kappa shape index (κ1) is 20.9. The van der Waals surface area contributed by atoms with Crippen molar-refractivity contribution in [2.24, 2.45) is 5.10 Å². The van der Waals surface area contributed by atoms with Gasteiger partial charge in [-0.3, -0.25) is 0 Å². The van der Waals surface area contributed by atoms with Crippen molar-refractivity contribution in [2.45, 2.75) is 34.1 Å². The zero-order valence-electron chi connectivity index (χ0n) is 17.1. The number of benzene rings is 2. The first-order chi connectivity index (χ1) is 13.9. The maximum absolute atomic E-state index is 12.1. The zero-order valence-corrected chi connectivity index (χ0v) is 18.7. The normalized spacial score (nSPS) is 11.1. The van der Waals surface area contributed by atoms with Gasteiger partial charge in [-0.15, -0.1) is 0 Å². The van der Waals surface area contributed by atoms with E-state index in [1.807, 2.05) is 24.3 Å². The Labute approximate surface area is 180 Å². The second-order valence-corrected chi connectivity index (χ2v) is 7.85. The number of nitrogens with one attached hydrogen (secondary N) is 2. The number of hydrogen-bond donors (Lipinski definition) is 2. The van der Waals surface area contributed by atoms with Crippen molar-refractivity contribution in [1.82, 2.24) is 9.99 Å². The van der Waals surface area contributed by atoms with Crippen molar-refractivity contribution in [3.8, 4) is 5.69 Å². The molecule has 5 nitrogen and oxygen atoms in total. The fourth-order valence-corrected chi connectivity index (χ4v) is 3.87. The molecule has 0 fully saturated rings. The van der Waals surface area contributed by atoms with Crippen molar-refractivity contribution in [2.75, 3.05) is 5.32 Å². The molecule has 2 aromatic carbocycles. The molecule has 0 saturated heterocycles. The van der Waals surface area contributed by atoms with Gasteiger partial charge in [-0.1, -0.05) is 47.1 Å². The molecule has 3 rings (SSSR count). The molecule has 150 valence electrons. The smallest absolute Gasteiger partial charge is 0.317 e. The van der Waals surface area contributed by atoms with Crippen molar-refractivity contribution in [1.29, 1.82) is 0 Å². The molecule has 0 saturated carbocycles. The van der Waals surface area contributed by atoms with Crippen LogP contribution in [0.25, 0.3) is 5.69 Å². The lowest BCUT2D eigenvalue weighted by Crippen LogP contribution is -2.24. The van der Waals surface area contributed by atoms with Gasteiger partial charge in [0, 0.05) is 27.1 Å². The summed E-state index contributed by atoms with van der Waals surface area (Å²) in [6.07, 6.45) is 2.65. The standard InChI is InChI=1S/C23H25BrN4O/c1-5-18-9-6-8-15(2)22(18)28-16(3)12-19(17(28)4)14-25-27-23(29)26-21-11-7-10-20(24)13-21/h6-14H,5H2,1-4H3,(H2,26,27,29)/b25-14+. The van der Waals surface area contributed by atoms with Gasteiger partial charge in [-0.25, -0.2) is 10.2 Å². The Kier molecular flexibility index (Phi) is 6.54. The van der Waals surface area contributed by atoms with Crippen LogP contribution >= 0.6 is 15.9 Å². The summed E-state index contributed by atoms with van der Waals surface area (Å²) in [5.74, 6) is 0. The number of carbonyl (C=O) groups is 1. The Morgan fingerprint density at radius 1 is 1.14 bits per heavy atom. The lowest BCUT2D eigenvalue weighted by atomic mass is 10.1. The number of nitrogens with zero attached hydrogens (tertiary/aromatic N) is 2. The predicted molar refractivity (Wildman–Crippen MR) is 123 cm³/mol. The Bertz CT molecular complexity index is 1070. The van der Waals surface area contributed by atoms with Gasteiger partial charge in [0.15, 0.2) is 0 Å². The molecule has 29 heavy (non-hydrogen) atoms. The Morgan fingerprint density at radius 3 is 2.62 bits per heavy atom. The van der Waals surface area contributed by atoms with Gasteiger partial charge >= 0.3 is 6.03 Å². The highest BCUT2D eigenvalue weighted by atomic mass is 79.9. The number of carbonyl (C=O) groups excluding carboxylic acids is 1. The highest BCUT2D eigenvalue weighted by molar-refractivity contribution is 9.10. The number of hydrazone groups is 1. The Morgan fingerprint density at radius 2 is 1.90 bits per heavy atom. The average molecular weight is 453 g/mol. The van der Waals surface area contributed by atoms with Crippen LogP contribution in [0.4, 0.5) is 10.5 Å². The van der Waals surface area contributed by atoms with E-state index in [-0.39, 0.29) is 6.03 Å². The topological polar surface area (TPSA) is 58.4 Å². The number of aryl methyl sites for hydroxylation is 3. The third kappa shape index (κ3) is 4.77. The van der Waals surface area contributed by atoms with Crippen molar-refractivity contribution in [3.05, 3.63) is 81.1 Å². The first-order valence-electron chi connectivity index (χ1n) is 9.54. The van der Waals surface area contributed by atoms with E-state index in [2.05, 4.69) is 88.3 Å². The number of amides is 2. The minimum Gasteiger partial charge on any atom is -0.317 e. The number of aromatic nitrogens is 1. The van der Waals surface area contributed by atoms with Crippen LogP contribution in [0.1, 0.15) is 35.0 Å². The molecule has 0 aliphatic heterocycles. The number of para-hydroxylation sites is 1. The van der Waals surface area contributed by atoms with Crippen LogP contribution in [0, 0.1) is 20.8 Å². The monoisotopic (exact) mass is 452 g/mol. The average Bonchev–Trinajstić information content (AvgIpc) is 2.95. The van der Waals surface area contributed by atoms with Gasteiger partial charge in [0.05, 0.1) is 11.9 Å². The summed E-state index contributed by atoms with van der Waals surface area (Å²) in [6.45, 7) is 8.46. The molecule has 1 aromatic heterocycles. The number of anilines is 1. The van der Waals surface area contributed by atoms with E-state index in [0.717, 1.165) is 27.8 Å². The van der Waals surface area contributed by atoms with Gasteiger partial charge in [0.1, 0.15) is 0 Å². The summed E-state index contributed by atoms with van der Waals surface area (Å²) in [5, 5.41) is 6.87. The largest absolute Gasteiger partial charge is 0.339 e. The second kappa shape index (κ2) is 9.09. The maximum atomic E-state index is 12.1. The van der Waals surface area contributed by atoms with Crippen LogP contribution in [0.3, 0.4) is 0 Å². The minimum atomic E-state index is -0.389. The minimum absolute atomic E-state index is 0.389. The van der Waals surface area contributed by atoms with E-state index >= 15 is 0 Å². The molecular formula is C23H25BrN4O. The van der Waals surface area contributed by atoms with Crippen LogP contribution in [-0.2, 0) is 6.42 Å².